The van der Waals surface area contributed by atoms with Gasteiger partial charge in [0.2, 0.25) is 0 Å². The molecule has 0 heterocycles. The average Bonchev–Trinajstić information content (AvgIpc) is 3.21. The quantitative estimate of drug-likeness (QED) is 0.900. The van der Waals surface area contributed by atoms with Gasteiger partial charge in [-0.15, -0.1) is 0 Å². The molecule has 0 aliphatic heterocycles. The van der Waals surface area contributed by atoms with Gasteiger partial charge in [0.1, 0.15) is 5.75 Å². The number of hydrogen-bond acceptors (Lipinski definition) is 2. The lowest BCUT2D eigenvalue weighted by Gasteiger charge is -2.09. The largest absolute Gasteiger partial charge is 0.496 e. The minimum Gasteiger partial charge on any atom is -0.496 e. The molecule has 2 unspecified atom stereocenters. The van der Waals surface area contributed by atoms with Crippen LogP contribution in [-0.4, -0.2) is 19.7 Å². The molecule has 3 heteroatoms. The summed E-state index contributed by atoms with van der Waals surface area (Å²) in [6.45, 7) is 1.17. The molecule has 1 aromatic carbocycles. The number of rotatable bonds is 5. The predicted octanol–water partition coefficient (Wildman–Crippen LogP) is 3.31. The van der Waals surface area contributed by atoms with Crippen LogP contribution < -0.4 is 10.1 Å². The van der Waals surface area contributed by atoms with E-state index in [4.69, 9.17) is 4.74 Å². The molecule has 0 saturated heterocycles. The van der Waals surface area contributed by atoms with Gasteiger partial charge in [-0.1, -0.05) is 15.9 Å². The van der Waals surface area contributed by atoms with Crippen molar-refractivity contribution in [2.45, 2.75) is 31.2 Å². The van der Waals surface area contributed by atoms with E-state index >= 15 is 0 Å². The second kappa shape index (κ2) is 4.62. The highest BCUT2D eigenvalue weighted by Crippen LogP contribution is 2.50. The zero-order chi connectivity index (χ0) is 11.8. The number of ether oxygens (including phenoxy) is 1. The highest BCUT2D eigenvalue weighted by Gasteiger charge is 2.40. The third-order valence-electron chi connectivity index (χ3n) is 3.76. The van der Waals surface area contributed by atoms with Crippen molar-refractivity contribution in [1.29, 1.82) is 0 Å². The molecule has 92 valence electrons. The van der Waals surface area contributed by atoms with E-state index < -0.39 is 0 Å². The summed E-state index contributed by atoms with van der Waals surface area (Å²) >= 11 is 3.54. The van der Waals surface area contributed by atoms with Crippen molar-refractivity contribution in [2.75, 3.05) is 13.7 Å². The summed E-state index contributed by atoms with van der Waals surface area (Å²) in [5, 5.41) is 3.62. The van der Waals surface area contributed by atoms with E-state index in [9.17, 15) is 0 Å². The third kappa shape index (κ3) is 2.66. The van der Waals surface area contributed by atoms with Gasteiger partial charge in [0.15, 0.2) is 0 Å². The lowest BCUT2D eigenvalue weighted by molar-refractivity contribution is 0.409. The molecule has 0 bridgehead atoms. The fraction of sp³-hybridized carbons (Fsp3) is 0.571. The minimum absolute atomic E-state index is 0.689. The van der Waals surface area contributed by atoms with Gasteiger partial charge in [0.05, 0.1) is 7.11 Å². The van der Waals surface area contributed by atoms with Crippen LogP contribution >= 0.6 is 15.9 Å². The molecular weight excluding hydrogens is 278 g/mol. The number of hydrogen-bond donors (Lipinski definition) is 1. The molecule has 2 aliphatic carbocycles. The second-order valence-corrected chi connectivity index (χ2v) is 6.09. The zero-order valence-electron chi connectivity index (χ0n) is 10.1. The van der Waals surface area contributed by atoms with Crippen LogP contribution in [0.1, 0.15) is 30.7 Å². The maximum Gasteiger partial charge on any atom is 0.122 e. The van der Waals surface area contributed by atoms with E-state index in [1.807, 2.05) is 6.07 Å². The molecule has 1 N–H and O–H groups in total. The molecule has 2 atom stereocenters. The van der Waals surface area contributed by atoms with Crippen LogP contribution in [0.2, 0.25) is 0 Å². The normalized spacial score (nSPS) is 26.9. The smallest absolute Gasteiger partial charge is 0.122 e. The van der Waals surface area contributed by atoms with E-state index in [1.165, 1.54) is 31.4 Å². The summed E-state index contributed by atoms with van der Waals surface area (Å²) in [5.74, 6) is 2.53. The first-order valence-corrected chi connectivity index (χ1v) is 7.14. The zero-order valence-corrected chi connectivity index (χ0v) is 11.7. The van der Waals surface area contributed by atoms with Crippen molar-refractivity contribution in [3.05, 3.63) is 28.2 Å². The van der Waals surface area contributed by atoms with Gasteiger partial charge < -0.3 is 10.1 Å². The predicted molar refractivity (Wildman–Crippen MR) is 72.6 cm³/mol. The number of methoxy groups -OCH3 is 1. The Balaban J connectivity index is 1.65. The SMILES string of the molecule is COc1ccc(Br)cc1C1CC1CNC1CC1. The van der Waals surface area contributed by atoms with E-state index in [-0.39, 0.29) is 0 Å². The lowest BCUT2D eigenvalue weighted by Crippen LogP contribution is -2.19. The maximum absolute atomic E-state index is 5.45. The second-order valence-electron chi connectivity index (χ2n) is 5.17. The molecule has 3 rings (SSSR count). The Morgan fingerprint density at radius 3 is 2.94 bits per heavy atom. The Morgan fingerprint density at radius 1 is 1.41 bits per heavy atom. The lowest BCUT2D eigenvalue weighted by atomic mass is 10.1. The Morgan fingerprint density at radius 2 is 2.24 bits per heavy atom. The van der Waals surface area contributed by atoms with E-state index in [0.29, 0.717) is 5.92 Å². The van der Waals surface area contributed by atoms with Gasteiger partial charge in [-0.3, -0.25) is 0 Å². The monoisotopic (exact) mass is 295 g/mol. The van der Waals surface area contributed by atoms with Gasteiger partial charge >= 0.3 is 0 Å². The van der Waals surface area contributed by atoms with Gasteiger partial charge in [0.25, 0.3) is 0 Å². The van der Waals surface area contributed by atoms with Gasteiger partial charge in [-0.2, -0.15) is 0 Å². The van der Waals surface area contributed by atoms with Crippen LogP contribution in [0.25, 0.3) is 0 Å². The van der Waals surface area contributed by atoms with Crippen LogP contribution in [0.3, 0.4) is 0 Å². The number of benzene rings is 1. The minimum atomic E-state index is 0.689. The van der Waals surface area contributed by atoms with Gasteiger partial charge in [-0.05, 0) is 61.4 Å². The highest BCUT2D eigenvalue weighted by molar-refractivity contribution is 9.10. The molecule has 0 amide bonds. The van der Waals surface area contributed by atoms with Crippen molar-refractivity contribution in [1.82, 2.24) is 5.32 Å². The van der Waals surface area contributed by atoms with Gasteiger partial charge in [0, 0.05) is 10.5 Å². The standard InChI is InChI=1S/C14H18BrNO/c1-17-14-5-2-10(15)7-13(14)12-6-9(12)8-16-11-3-4-11/h2,5,7,9,11-12,16H,3-4,6,8H2,1H3. The molecule has 1 aromatic rings. The molecular formula is C14H18BrNO. The van der Waals surface area contributed by atoms with Crippen LogP contribution in [0.5, 0.6) is 5.75 Å². The van der Waals surface area contributed by atoms with Crippen molar-refractivity contribution in [2.24, 2.45) is 5.92 Å². The highest BCUT2D eigenvalue weighted by atomic mass is 79.9. The van der Waals surface area contributed by atoms with Crippen LogP contribution in [-0.2, 0) is 0 Å². The first-order chi connectivity index (χ1) is 8.28. The number of halogens is 1. The molecule has 0 radical (unpaired) electrons. The van der Waals surface area contributed by atoms with Crippen LogP contribution in [0.15, 0.2) is 22.7 Å². The summed E-state index contributed by atoms with van der Waals surface area (Å²) in [6, 6.07) is 7.13. The molecule has 2 saturated carbocycles. The maximum atomic E-state index is 5.45. The molecule has 0 aromatic heterocycles. The summed E-state index contributed by atoms with van der Waals surface area (Å²) in [6.07, 6.45) is 4.04. The third-order valence-corrected chi connectivity index (χ3v) is 4.25. The molecule has 2 nitrogen and oxygen atoms in total. The van der Waals surface area contributed by atoms with E-state index in [0.717, 1.165) is 22.2 Å². The first-order valence-electron chi connectivity index (χ1n) is 6.34. The molecule has 2 aliphatic rings. The van der Waals surface area contributed by atoms with Crippen molar-refractivity contribution in [3.8, 4) is 5.75 Å². The summed E-state index contributed by atoms with van der Waals surface area (Å²) < 4.78 is 6.59. The number of nitrogens with one attached hydrogen (secondary N) is 1. The Labute approximate surface area is 111 Å². The first kappa shape index (κ1) is 11.5. The fourth-order valence-corrected chi connectivity index (χ4v) is 2.83. The Hall–Kier alpha value is -0.540. The van der Waals surface area contributed by atoms with Crippen LogP contribution in [0.4, 0.5) is 0 Å². The average molecular weight is 296 g/mol. The van der Waals surface area contributed by atoms with Crippen molar-refractivity contribution in [3.63, 3.8) is 0 Å². The Bertz CT molecular complexity index is 417. The van der Waals surface area contributed by atoms with Crippen molar-refractivity contribution < 1.29 is 4.74 Å². The summed E-state index contributed by atoms with van der Waals surface area (Å²) in [4.78, 5) is 0. The van der Waals surface area contributed by atoms with Crippen molar-refractivity contribution >= 4 is 15.9 Å². The van der Waals surface area contributed by atoms with Crippen LogP contribution in [0, 0.1) is 5.92 Å². The summed E-state index contributed by atoms with van der Waals surface area (Å²) in [7, 11) is 1.76. The molecule has 0 spiro atoms. The topological polar surface area (TPSA) is 21.3 Å². The fourth-order valence-electron chi connectivity index (χ4n) is 2.45. The molecule has 2 fully saturated rings. The van der Waals surface area contributed by atoms with E-state index in [1.54, 1.807) is 7.11 Å². The molecule has 17 heavy (non-hydrogen) atoms. The van der Waals surface area contributed by atoms with Gasteiger partial charge in [-0.25, -0.2) is 0 Å². The Kier molecular flexibility index (Phi) is 3.14. The van der Waals surface area contributed by atoms with E-state index in [2.05, 4.69) is 33.4 Å². The summed E-state index contributed by atoms with van der Waals surface area (Å²) in [5.41, 5.74) is 1.37.